The van der Waals surface area contributed by atoms with Crippen molar-refractivity contribution >= 4 is 23.5 Å². The number of benzene rings is 3. The maximum absolute atomic E-state index is 13.1. The molecule has 0 unspecified atom stereocenters. The summed E-state index contributed by atoms with van der Waals surface area (Å²) in [5.74, 6) is -1.23. The highest BCUT2D eigenvalue weighted by molar-refractivity contribution is 8.01. The summed E-state index contributed by atoms with van der Waals surface area (Å²) in [5, 5.41) is 9.73. The van der Waals surface area contributed by atoms with Gasteiger partial charge in [-0.15, -0.1) is 11.8 Å². The van der Waals surface area contributed by atoms with Crippen LogP contribution >= 0.6 is 11.8 Å². The molecule has 0 aliphatic heterocycles. The van der Waals surface area contributed by atoms with Crippen LogP contribution in [0.5, 0.6) is 0 Å². The number of hydrogen-bond acceptors (Lipinski definition) is 3. The lowest BCUT2D eigenvalue weighted by molar-refractivity contribution is -0.143. The third-order valence-electron chi connectivity index (χ3n) is 6.47. The first-order valence-corrected chi connectivity index (χ1v) is 13.6. The SMILES string of the molecule is CCCCCCC[C@H](CC(=O)CSC(c1ccccc1)(c1ccccc1)c1ccccc1)C(=O)O. The van der Waals surface area contributed by atoms with Crippen molar-refractivity contribution in [1.82, 2.24) is 0 Å². The first-order chi connectivity index (χ1) is 17.1. The van der Waals surface area contributed by atoms with E-state index in [9.17, 15) is 14.7 Å². The fourth-order valence-electron chi connectivity index (χ4n) is 4.60. The molecule has 1 N–H and O–H groups in total. The Morgan fingerprint density at radius 2 is 1.20 bits per heavy atom. The summed E-state index contributed by atoms with van der Waals surface area (Å²) in [6, 6.07) is 30.8. The minimum absolute atomic E-state index is 0.0110. The summed E-state index contributed by atoms with van der Waals surface area (Å²) < 4.78 is -0.571. The van der Waals surface area contributed by atoms with Gasteiger partial charge in [-0.05, 0) is 23.1 Å². The molecule has 3 aromatic rings. The lowest BCUT2D eigenvalue weighted by atomic mass is 9.84. The molecule has 4 heteroatoms. The minimum Gasteiger partial charge on any atom is -0.481 e. The molecule has 0 aromatic heterocycles. The number of thioether (sulfide) groups is 1. The molecule has 3 aromatic carbocycles. The fraction of sp³-hybridized carbons (Fsp3) is 0.355. The van der Waals surface area contributed by atoms with E-state index >= 15 is 0 Å². The quantitative estimate of drug-likeness (QED) is 0.176. The molecule has 1 atom stereocenters. The molecule has 0 aliphatic carbocycles. The van der Waals surface area contributed by atoms with Crippen LogP contribution in [-0.2, 0) is 14.3 Å². The molecule has 3 nitrogen and oxygen atoms in total. The number of ketones is 1. The number of carbonyl (C=O) groups excluding carboxylic acids is 1. The fourth-order valence-corrected chi connectivity index (χ4v) is 6.00. The number of carboxylic acids is 1. The number of rotatable bonds is 15. The molecule has 184 valence electrons. The average Bonchev–Trinajstić information content (AvgIpc) is 2.90. The standard InChI is InChI=1S/C31H36O3S/c1-2-3-4-5-9-16-25(30(33)34)23-29(32)24-35-31(26-17-10-6-11-18-26,27-19-12-7-13-20-27)28-21-14-8-15-22-28/h6-8,10-15,17-22,25H,2-5,9,16,23-24H2,1H3,(H,33,34)/t25-/m1/s1. The Hall–Kier alpha value is -2.85. The lowest BCUT2D eigenvalue weighted by Crippen LogP contribution is -2.28. The topological polar surface area (TPSA) is 54.4 Å². The number of hydrogen-bond donors (Lipinski definition) is 1. The molecule has 0 fully saturated rings. The molecular formula is C31H36O3S. The Morgan fingerprint density at radius 1 is 0.743 bits per heavy atom. The van der Waals surface area contributed by atoms with Gasteiger partial charge in [-0.3, -0.25) is 9.59 Å². The van der Waals surface area contributed by atoms with Crippen molar-refractivity contribution < 1.29 is 14.7 Å². The van der Waals surface area contributed by atoms with E-state index < -0.39 is 16.6 Å². The van der Waals surface area contributed by atoms with Gasteiger partial charge >= 0.3 is 5.97 Å². The summed E-state index contributed by atoms with van der Waals surface area (Å²) in [7, 11) is 0. The van der Waals surface area contributed by atoms with E-state index in [1.54, 1.807) is 11.8 Å². The zero-order valence-electron chi connectivity index (χ0n) is 20.6. The van der Waals surface area contributed by atoms with Crippen LogP contribution in [0, 0.1) is 5.92 Å². The van der Waals surface area contributed by atoms with Crippen molar-refractivity contribution in [1.29, 1.82) is 0 Å². The molecule has 0 aliphatic rings. The average molecular weight is 489 g/mol. The predicted octanol–water partition coefficient (Wildman–Crippen LogP) is 7.73. The number of carboxylic acid groups (broad SMARTS) is 1. The van der Waals surface area contributed by atoms with Crippen LogP contribution in [0.1, 0.15) is 68.6 Å². The monoisotopic (exact) mass is 488 g/mol. The van der Waals surface area contributed by atoms with Crippen molar-refractivity contribution in [2.75, 3.05) is 5.75 Å². The van der Waals surface area contributed by atoms with Gasteiger partial charge in [0.05, 0.1) is 16.4 Å². The van der Waals surface area contributed by atoms with Gasteiger partial charge in [0, 0.05) is 6.42 Å². The van der Waals surface area contributed by atoms with E-state index in [-0.39, 0.29) is 18.0 Å². The normalized spacial score (nSPS) is 12.3. The third-order valence-corrected chi connectivity index (χ3v) is 8.08. The summed E-state index contributed by atoms with van der Waals surface area (Å²) in [6.45, 7) is 2.16. The van der Waals surface area contributed by atoms with Crippen LogP contribution in [0.2, 0.25) is 0 Å². The molecule has 0 saturated heterocycles. The lowest BCUT2D eigenvalue weighted by Gasteiger charge is -2.35. The Labute approximate surface area is 214 Å². The molecule has 0 radical (unpaired) electrons. The highest BCUT2D eigenvalue weighted by Crippen LogP contribution is 2.48. The smallest absolute Gasteiger partial charge is 0.306 e. The molecule has 0 saturated carbocycles. The van der Waals surface area contributed by atoms with Crippen LogP contribution < -0.4 is 0 Å². The van der Waals surface area contributed by atoms with Crippen LogP contribution in [0.3, 0.4) is 0 Å². The minimum atomic E-state index is -0.862. The van der Waals surface area contributed by atoms with Crippen molar-refractivity contribution in [3.8, 4) is 0 Å². The molecule has 0 amide bonds. The molecule has 3 rings (SSSR count). The van der Waals surface area contributed by atoms with Crippen molar-refractivity contribution in [3.05, 3.63) is 108 Å². The van der Waals surface area contributed by atoms with E-state index in [1.807, 2.05) is 54.6 Å². The van der Waals surface area contributed by atoms with E-state index in [2.05, 4.69) is 43.3 Å². The number of carbonyl (C=O) groups is 2. The molecule has 0 spiro atoms. The van der Waals surface area contributed by atoms with Gasteiger partial charge in [-0.1, -0.05) is 130 Å². The maximum atomic E-state index is 13.1. The summed E-state index contributed by atoms with van der Waals surface area (Å²) >= 11 is 1.58. The molecule has 35 heavy (non-hydrogen) atoms. The largest absolute Gasteiger partial charge is 0.481 e. The van der Waals surface area contributed by atoms with Crippen LogP contribution in [0.15, 0.2) is 91.0 Å². The first kappa shape index (κ1) is 26.7. The highest BCUT2D eigenvalue weighted by atomic mass is 32.2. The zero-order chi connectivity index (χ0) is 24.9. The van der Waals surface area contributed by atoms with E-state index in [0.29, 0.717) is 6.42 Å². The first-order valence-electron chi connectivity index (χ1n) is 12.6. The highest BCUT2D eigenvalue weighted by Gasteiger charge is 2.37. The third kappa shape index (κ3) is 7.32. The Morgan fingerprint density at radius 3 is 1.63 bits per heavy atom. The van der Waals surface area contributed by atoms with Crippen molar-refractivity contribution in [2.45, 2.75) is 56.6 Å². The second-order valence-electron chi connectivity index (χ2n) is 9.05. The summed E-state index contributed by atoms with van der Waals surface area (Å²) in [4.78, 5) is 25.0. The van der Waals surface area contributed by atoms with Crippen LogP contribution in [0.25, 0.3) is 0 Å². The van der Waals surface area contributed by atoms with Gasteiger partial charge in [0.2, 0.25) is 0 Å². The molecule has 0 heterocycles. The van der Waals surface area contributed by atoms with Gasteiger partial charge < -0.3 is 5.11 Å². The van der Waals surface area contributed by atoms with Gasteiger partial charge in [0.15, 0.2) is 0 Å². The number of Topliss-reactive ketones (excluding diaryl/α,β-unsaturated/α-hetero) is 1. The maximum Gasteiger partial charge on any atom is 0.306 e. The van der Waals surface area contributed by atoms with E-state index in [4.69, 9.17) is 0 Å². The number of aliphatic carboxylic acids is 1. The van der Waals surface area contributed by atoms with Gasteiger partial charge in [-0.2, -0.15) is 0 Å². The Balaban J connectivity index is 1.83. The summed E-state index contributed by atoms with van der Waals surface area (Å²) in [6.07, 6.45) is 6.00. The number of unbranched alkanes of at least 4 members (excludes halogenated alkanes) is 4. The van der Waals surface area contributed by atoms with E-state index in [1.165, 1.54) is 6.42 Å². The van der Waals surface area contributed by atoms with Crippen molar-refractivity contribution in [3.63, 3.8) is 0 Å². The Kier molecular flexibility index (Phi) is 10.6. The molecule has 0 bridgehead atoms. The van der Waals surface area contributed by atoms with Gasteiger partial charge in [0.25, 0.3) is 0 Å². The van der Waals surface area contributed by atoms with Crippen LogP contribution in [-0.4, -0.2) is 22.6 Å². The predicted molar refractivity (Wildman–Crippen MR) is 146 cm³/mol. The van der Waals surface area contributed by atoms with E-state index in [0.717, 1.165) is 42.4 Å². The Bertz CT molecular complexity index is 938. The van der Waals surface area contributed by atoms with Gasteiger partial charge in [-0.25, -0.2) is 0 Å². The molecular weight excluding hydrogens is 452 g/mol. The second-order valence-corrected chi connectivity index (χ2v) is 10.2. The van der Waals surface area contributed by atoms with Crippen LogP contribution in [0.4, 0.5) is 0 Å². The second kappa shape index (κ2) is 13.9. The van der Waals surface area contributed by atoms with Gasteiger partial charge in [0.1, 0.15) is 5.78 Å². The zero-order valence-corrected chi connectivity index (χ0v) is 21.4. The van der Waals surface area contributed by atoms with Crippen molar-refractivity contribution in [2.24, 2.45) is 5.92 Å². The summed E-state index contributed by atoms with van der Waals surface area (Å²) in [5.41, 5.74) is 3.29.